The van der Waals surface area contributed by atoms with Crippen molar-refractivity contribution >= 4 is 18.2 Å². The minimum absolute atomic E-state index is 0.109. The molecule has 24 heavy (non-hydrogen) atoms. The summed E-state index contributed by atoms with van der Waals surface area (Å²) in [6.45, 7) is 8.19. The van der Waals surface area contributed by atoms with Gasteiger partial charge in [-0.3, -0.25) is 14.4 Å². The van der Waals surface area contributed by atoms with Crippen molar-refractivity contribution in [3.8, 4) is 11.8 Å². The average Bonchev–Trinajstić information content (AvgIpc) is 2.47. The molecule has 0 saturated carbocycles. The van der Waals surface area contributed by atoms with E-state index in [9.17, 15) is 14.4 Å². The Morgan fingerprint density at radius 2 is 1.75 bits per heavy atom. The van der Waals surface area contributed by atoms with Crippen LogP contribution in [-0.4, -0.2) is 30.9 Å². The van der Waals surface area contributed by atoms with Crippen LogP contribution in [0.3, 0.4) is 0 Å². The zero-order chi connectivity index (χ0) is 18.5. The van der Waals surface area contributed by atoms with Crippen molar-refractivity contribution in [1.82, 2.24) is 0 Å². The van der Waals surface area contributed by atoms with Crippen LogP contribution in [0.1, 0.15) is 41.0 Å². The van der Waals surface area contributed by atoms with E-state index in [-0.39, 0.29) is 6.61 Å². The Morgan fingerprint density at radius 3 is 2.25 bits per heavy atom. The Bertz CT molecular complexity index is 607. The zero-order valence-corrected chi connectivity index (χ0v) is 14.8. The lowest BCUT2D eigenvalue weighted by Gasteiger charge is -2.18. The molecule has 1 atom stereocenters. The molecule has 130 valence electrons. The van der Waals surface area contributed by atoms with Gasteiger partial charge in [-0.1, -0.05) is 23.5 Å². The normalized spacial score (nSPS) is 12.4. The van der Waals surface area contributed by atoms with Gasteiger partial charge in [0.2, 0.25) is 0 Å². The Kier molecular flexibility index (Phi) is 10.6. The van der Waals surface area contributed by atoms with Crippen molar-refractivity contribution in [2.75, 3.05) is 6.61 Å². The first-order valence-corrected chi connectivity index (χ1v) is 7.52. The van der Waals surface area contributed by atoms with Crippen molar-refractivity contribution in [1.29, 1.82) is 0 Å². The molecule has 0 bridgehead atoms. The standard InChI is InChI=1S/C19H24O5/c1-14(2)7-6-8-15(3)9-10-19(24-17(5)22)18(11-12-20)13-23-16(4)21/h7,9,11-12,19H,10,13H2,1-5H3/b15-9+,18-11+/t19-/m1/s1. The number of aldehydes is 1. The van der Waals surface area contributed by atoms with Crippen LogP contribution in [0.25, 0.3) is 0 Å². The summed E-state index contributed by atoms with van der Waals surface area (Å²) in [6, 6.07) is 0. The van der Waals surface area contributed by atoms with Crippen LogP contribution in [0.5, 0.6) is 0 Å². The van der Waals surface area contributed by atoms with Crippen molar-refractivity contribution in [2.45, 2.75) is 47.1 Å². The summed E-state index contributed by atoms with van der Waals surface area (Å²) < 4.78 is 10.1. The topological polar surface area (TPSA) is 69.7 Å². The van der Waals surface area contributed by atoms with E-state index in [4.69, 9.17) is 9.47 Å². The zero-order valence-electron chi connectivity index (χ0n) is 14.8. The summed E-state index contributed by atoms with van der Waals surface area (Å²) in [5.41, 5.74) is 2.32. The maximum Gasteiger partial charge on any atom is 0.303 e. The monoisotopic (exact) mass is 332 g/mol. The number of ether oxygens (including phenoxy) is 2. The number of allylic oxidation sites excluding steroid dienone is 4. The van der Waals surface area contributed by atoms with Crippen molar-refractivity contribution < 1.29 is 23.9 Å². The van der Waals surface area contributed by atoms with E-state index in [1.165, 1.54) is 19.9 Å². The third-order valence-electron chi connectivity index (χ3n) is 2.71. The van der Waals surface area contributed by atoms with Crippen LogP contribution in [0, 0.1) is 11.8 Å². The van der Waals surface area contributed by atoms with Crippen LogP contribution in [0.15, 0.2) is 34.9 Å². The van der Waals surface area contributed by atoms with Gasteiger partial charge in [-0.2, -0.15) is 0 Å². The lowest BCUT2D eigenvalue weighted by Crippen LogP contribution is -2.22. The molecule has 0 spiro atoms. The van der Waals surface area contributed by atoms with Gasteiger partial charge in [0.25, 0.3) is 0 Å². The first-order valence-electron chi connectivity index (χ1n) is 7.52. The van der Waals surface area contributed by atoms with Crippen molar-refractivity contribution in [3.05, 3.63) is 34.9 Å². The Balaban J connectivity index is 5.21. The molecule has 5 heteroatoms. The molecule has 0 heterocycles. The number of hydrogen-bond donors (Lipinski definition) is 0. The van der Waals surface area contributed by atoms with Crippen LogP contribution in [-0.2, 0) is 23.9 Å². The lowest BCUT2D eigenvalue weighted by molar-refractivity contribution is -0.145. The molecule has 0 saturated heterocycles. The molecule has 0 aliphatic rings. The highest BCUT2D eigenvalue weighted by molar-refractivity contribution is 5.69. The van der Waals surface area contributed by atoms with Gasteiger partial charge in [0.15, 0.2) is 0 Å². The second kappa shape index (κ2) is 11.9. The van der Waals surface area contributed by atoms with Gasteiger partial charge in [0.1, 0.15) is 19.0 Å². The molecule has 0 aromatic carbocycles. The predicted molar refractivity (Wildman–Crippen MR) is 91.9 cm³/mol. The minimum atomic E-state index is -0.688. The van der Waals surface area contributed by atoms with Crippen LogP contribution in [0.4, 0.5) is 0 Å². The second-order valence-electron chi connectivity index (χ2n) is 5.37. The summed E-state index contributed by atoms with van der Waals surface area (Å²) in [7, 11) is 0. The quantitative estimate of drug-likeness (QED) is 0.310. The first kappa shape index (κ1) is 21.4. The third kappa shape index (κ3) is 11.0. The van der Waals surface area contributed by atoms with Gasteiger partial charge in [-0.15, -0.1) is 0 Å². The molecule has 0 amide bonds. The molecule has 0 rings (SSSR count). The Morgan fingerprint density at radius 1 is 1.08 bits per heavy atom. The number of carbonyl (C=O) groups is 3. The maximum atomic E-state index is 11.3. The van der Waals surface area contributed by atoms with Crippen molar-refractivity contribution in [3.63, 3.8) is 0 Å². The molecule has 0 radical (unpaired) electrons. The first-order chi connectivity index (χ1) is 11.3. The Hall–Kier alpha value is -2.61. The SMILES string of the molecule is CC(=O)OC/C(=C\C=O)[C@@H](C/C=C(\C)C#CC=C(C)C)OC(C)=O. The average molecular weight is 332 g/mol. The molecule has 5 nitrogen and oxygen atoms in total. The van der Waals surface area contributed by atoms with Gasteiger partial charge >= 0.3 is 11.9 Å². The molecule has 0 unspecified atom stereocenters. The number of esters is 2. The largest absolute Gasteiger partial charge is 0.461 e. The predicted octanol–water partition coefficient (Wildman–Crippen LogP) is 2.91. The number of hydrogen-bond acceptors (Lipinski definition) is 5. The molecular weight excluding hydrogens is 308 g/mol. The lowest BCUT2D eigenvalue weighted by atomic mass is 10.1. The van der Waals surface area contributed by atoms with E-state index < -0.39 is 18.0 Å². The highest BCUT2D eigenvalue weighted by Gasteiger charge is 2.17. The van der Waals surface area contributed by atoms with E-state index in [1.807, 2.05) is 26.8 Å². The molecule has 0 aromatic heterocycles. The van der Waals surface area contributed by atoms with Crippen molar-refractivity contribution in [2.24, 2.45) is 0 Å². The molecule has 0 aromatic rings. The van der Waals surface area contributed by atoms with E-state index in [0.717, 1.165) is 11.1 Å². The molecule has 0 N–H and O–H groups in total. The summed E-state index contributed by atoms with van der Waals surface area (Å²) in [6.07, 6.45) is 5.07. The fourth-order valence-electron chi connectivity index (χ4n) is 1.63. The van der Waals surface area contributed by atoms with E-state index in [0.29, 0.717) is 18.3 Å². The van der Waals surface area contributed by atoms with Gasteiger partial charge in [0, 0.05) is 25.8 Å². The summed E-state index contributed by atoms with van der Waals surface area (Å²) >= 11 is 0. The molecule has 0 aliphatic carbocycles. The minimum Gasteiger partial charge on any atom is -0.461 e. The van der Waals surface area contributed by atoms with Gasteiger partial charge in [-0.25, -0.2) is 0 Å². The second-order valence-corrected chi connectivity index (χ2v) is 5.37. The number of rotatable bonds is 7. The van der Waals surface area contributed by atoms with Crippen LogP contribution in [0.2, 0.25) is 0 Å². The van der Waals surface area contributed by atoms with E-state index >= 15 is 0 Å². The molecule has 0 aliphatic heterocycles. The van der Waals surface area contributed by atoms with Crippen LogP contribution >= 0.6 is 0 Å². The van der Waals surface area contributed by atoms with E-state index in [1.54, 1.807) is 6.08 Å². The highest BCUT2D eigenvalue weighted by atomic mass is 16.6. The van der Waals surface area contributed by atoms with Gasteiger partial charge < -0.3 is 9.47 Å². The highest BCUT2D eigenvalue weighted by Crippen LogP contribution is 2.14. The molecule has 0 fully saturated rings. The van der Waals surface area contributed by atoms with Crippen LogP contribution < -0.4 is 0 Å². The fourth-order valence-corrected chi connectivity index (χ4v) is 1.63. The maximum absolute atomic E-state index is 11.3. The van der Waals surface area contributed by atoms with Gasteiger partial charge in [0.05, 0.1) is 0 Å². The van der Waals surface area contributed by atoms with E-state index in [2.05, 4.69) is 11.8 Å². The summed E-state index contributed by atoms with van der Waals surface area (Å²) in [5.74, 6) is 4.92. The van der Waals surface area contributed by atoms with Gasteiger partial charge in [-0.05, 0) is 38.5 Å². The fraction of sp³-hybridized carbons (Fsp3) is 0.421. The summed E-state index contributed by atoms with van der Waals surface area (Å²) in [4.78, 5) is 33.0. The molecular formula is C19H24O5. The third-order valence-corrected chi connectivity index (χ3v) is 2.71. The smallest absolute Gasteiger partial charge is 0.303 e. The number of carbonyl (C=O) groups excluding carboxylic acids is 3. The Labute approximate surface area is 143 Å². The summed E-state index contributed by atoms with van der Waals surface area (Å²) in [5, 5.41) is 0.